The molecule has 0 radical (unpaired) electrons. The Morgan fingerprint density at radius 3 is 2.74 bits per heavy atom. The fraction of sp³-hybridized carbons (Fsp3) is 0.714. The number of nitrogens with zero attached hydrogens (tertiary/aromatic N) is 3. The van der Waals surface area contributed by atoms with Gasteiger partial charge in [-0.2, -0.15) is 0 Å². The van der Waals surface area contributed by atoms with Crippen LogP contribution >= 0.6 is 0 Å². The van der Waals surface area contributed by atoms with Gasteiger partial charge in [-0.05, 0) is 30.6 Å². The SMILES string of the molecule is CC(C)(C)C1CCCN(c2cncc(NN)n2)CC1. The number of nitrogen functional groups attached to an aromatic ring is 1. The molecule has 1 aromatic heterocycles. The van der Waals surface area contributed by atoms with Crippen molar-refractivity contribution in [3.05, 3.63) is 12.4 Å². The fourth-order valence-corrected chi connectivity index (χ4v) is 2.77. The smallest absolute Gasteiger partial charge is 0.160 e. The number of hydrogen-bond acceptors (Lipinski definition) is 5. The second kappa shape index (κ2) is 5.74. The zero-order valence-electron chi connectivity index (χ0n) is 12.2. The molecule has 1 unspecified atom stereocenters. The summed E-state index contributed by atoms with van der Waals surface area (Å²) in [4.78, 5) is 11.0. The highest BCUT2D eigenvalue weighted by Crippen LogP contribution is 2.34. The first-order valence-corrected chi connectivity index (χ1v) is 7.04. The van der Waals surface area contributed by atoms with Crippen LogP contribution in [0.1, 0.15) is 40.0 Å². The van der Waals surface area contributed by atoms with Crippen molar-refractivity contribution in [2.24, 2.45) is 17.2 Å². The Hall–Kier alpha value is -1.36. The van der Waals surface area contributed by atoms with Gasteiger partial charge in [-0.1, -0.05) is 20.8 Å². The van der Waals surface area contributed by atoms with Gasteiger partial charge in [0.05, 0.1) is 12.4 Å². The number of nitrogens with one attached hydrogen (secondary N) is 1. The maximum Gasteiger partial charge on any atom is 0.160 e. The lowest BCUT2D eigenvalue weighted by Gasteiger charge is -2.29. The van der Waals surface area contributed by atoms with E-state index in [9.17, 15) is 0 Å². The second-order valence-electron chi connectivity index (χ2n) is 6.39. The van der Waals surface area contributed by atoms with Gasteiger partial charge < -0.3 is 10.3 Å². The van der Waals surface area contributed by atoms with Crippen LogP contribution in [0.4, 0.5) is 11.6 Å². The largest absolute Gasteiger partial charge is 0.355 e. The van der Waals surface area contributed by atoms with Crippen LogP contribution in [-0.4, -0.2) is 23.1 Å². The molecule has 5 heteroatoms. The molecule has 5 nitrogen and oxygen atoms in total. The first-order valence-electron chi connectivity index (χ1n) is 7.04. The molecule has 2 heterocycles. The van der Waals surface area contributed by atoms with Crippen LogP contribution in [0.2, 0.25) is 0 Å². The Bertz CT molecular complexity index is 413. The van der Waals surface area contributed by atoms with E-state index < -0.39 is 0 Å². The molecule has 1 atom stereocenters. The Balaban J connectivity index is 2.06. The molecule has 0 saturated carbocycles. The summed E-state index contributed by atoms with van der Waals surface area (Å²) in [5, 5.41) is 0. The topological polar surface area (TPSA) is 67.1 Å². The van der Waals surface area contributed by atoms with Crippen molar-refractivity contribution in [1.29, 1.82) is 0 Å². The normalized spacial score (nSPS) is 21.1. The summed E-state index contributed by atoms with van der Waals surface area (Å²) in [7, 11) is 0. The summed E-state index contributed by atoms with van der Waals surface area (Å²) < 4.78 is 0. The minimum atomic E-state index is 0.391. The van der Waals surface area contributed by atoms with Gasteiger partial charge >= 0.3 is 0 Å². The molecule has 0 bridgehead atoms. The summed E-state index contributed by atoms with van der Waals surface area (Å²) in [6.07, 6.45) is 7.18. The minimum absolute atomic E-state index is 0.391. The van der Waals surface area contributed by atoms with E-state index in [0.717, 1.165) is 24.8 Å². The van der Waals surface area contributed by atoms with Gasteiger partial charge in [-0.25, -0.2) is 10.8 Å². The molecule has 106 valence electrons. The van der Waals surface area contributed by atoms with Crippen molar-refractivity contribution in [3.63, 3.8) is 0 Å². The summed E-state index contributed by atoms with van der Waals surface area (Å²) in [5.74, 6) is 7.71. The second-order valence-corrected chi connectivity index (χ2v) is 6.39. The van der Waals surface area contributed by atoms with E-state index in [1.165, 1.54) is 19.3 Å². The zero-order chi connectivity index (χ0) is 13.9. The summed E-state index contributed by atoms with van der Waals surface area (Å²) in [6.45, 7) is 9.12. The van der Waals surface area contributed by atoms with Crippen LogP contribution in [0.5, 0.6) is 0 Å². The molecule has 1 fully saturated rings. The molecule has 1 aromatic rings. The van der Waals surface area contributed by atoms with Crippen molar-refractivity contribution in [3.8, 4) is 0 Å². The van der Waals surface area contributed by atoms with Gasteiger partial charge in [0.15, 0.2) is 5.82 Å². The van der Waals surface area contributed by atoms with Crippen LogP contribution < -0.4 is 16.2 Å². The summed E-state index contributed by atoms with van der Waals surface area (Å²) >= 11 is 0. The highest BCUT2D eigenvalue weighted by Gasteiger charge is 2.27. The molecule has 2 rings (SSSR count). The standard InChI is InChI=1S/C14H25N5/c1-14(2,3)11-5-4-7-19(8-6-11)13-10-16-9-12(17-13)18-15/h9-11H,4-8,15H2,1-3H3,(H,17,18). The first kappa shape index (κ1) is 14.1. The van der Waals surface area contributed by atoms with Gasteiger partial charge in [0, 0.05) is 13.1 Å². The molecule has 19 heavy (non-hydrogen) atoms. The maximum atomic E-state index is 5.39. The van der Waals surface area contributed by atoms with Crippen LogP contribution in [0.15, 0.2) is 12.4 Å². The quantitative estimate of drug-likeness (QED) is 0.633. The highest BCUT2D eigenvalue weighted by molar-refractivity contribution is 5.43. The average molecular weight is 263 g/mol. The number of aromatic nitrogens is 2. The molecular formula is C14H25N5. The predicted octanol–water partition coefficient (Wildman–Crippen LogP) is 2.41. The third-order valence-electron chi connectivity index (χ3n) is 4.05. The monoisotopic (exact) mass is 263 g/mol. The van der Waals surface area contributed by atoms with Crippen molar-refractivity contribution in [2.45, 2.75) is 40.0 Å². The van der Waals surface area contributed by atoms with Gasteiger partial charge in [0.1, 0.15) is 5.82 Å². The van der Waals surface area contributed by atoms with Crippen molar-refractivity contribution in [1.82, 2.24) is 9.97 Å². The lowest BCUT2D eigenvalue weighted by atomic mass is 9.77. The van der Waals surface area contributed by atoms with Crippen molar-refractivity contribution >= 4 is 11.6 Å². The van der Waals surface area contributed by atoms with Crippen LogP contribution in [0.3, 0.4) is 0 Å². The van der Waals surface area contributed by atoms with E-state index in [1.807, 2.05) is 6.20 Å². The van der Waals surface area contributed by atoms with E-state index >= 15 is 0 Å². The number of nitrogens with two attached hydrogens (primary N) is 1. The van der Waals surface area contributed by atoms with Crippen LogP contribution in [-0.2, 0) is 0 Å². The van der Waals surface area contributed by atoms with Crippen molar-refractivity contribution in [2.75, 3.05) is 23.4 Å². The average Bonchev–Trinajstić information content (AvgIpc) is 2.64. The number of anilines is 2. The Kier molecular flexibility index (Phi) is 4.24. The first-order chi connectivity index (χ1) is 9.00. The van der Waals surface area contributed by atoms with Gasteiger partial charge in [0.25, 0.3) is 0 Å². The molecule has 1 aliphatic rings. The molecule has 0 amide bonds. The Morgan fingerprint density at radius 2 is 2.05 bits per heavy atom. The third-order valence-corrected chi connectivity index (χ3v) is 4.05. The predicted molar refractivity (Wildman–Crippen MR) is 78.9 cm³/mol. The van der Waals surface area contributed by atoms with E-state index in [-0.39, 0.29) is 0 Å². The molecule has 0 aromatic carbocycles. The van der Waals surface area contributed by atoms with Gasteiger partial charge in [-0.3, -0.25) is 4.98 Å². The Labute approximate surface area is 115 Å². The molecule has 3 N–H and O–H groups in total. The van der Waals surface area contributed by atoms with Gasteiger partial charge in [-0.15, -0.1) is 0 Å². The lowest BCUT2D eigenvalue weighted by molar-refractivity contribution is 0.220. The van der Waals surface area contributed by atoms with Crippen LogP contribution in [0, 0.1) is 11.3 Å². The highest BCUT2D eigenvalue weighted by atomic mass is 15.3. The fourth-order valence-electron chi connectivity index (χ4n) is 2.77. The van der Waals surface area contributed by atoms with E-state index in [1.54, 1.807) is 6.20 Å². The van der Waals surface area contributed by atoms with Crippen molar-refractivity contribution < 1.29 is 0 Å². The molecule has 1 saturated heterocycles. The third kappa shape index (κ3) is 3.56. The van der Waals surface area contributed by atoms with E-state index in [4.69, 9.17) is 5.84 Å². The molecule has 0 aliphatic carbocycles. The summed E-state index contributed by atoms with van der Waals surface area (Å²) in [5.41, 5.74) is 2.95. The van der Waals surface area contributed by atoms with E-state index in [2.05, 4.69) is 41.1 Å². The lowest BCUT2D eigenvalue weighted by Crippen LogP contribution is -2.27. The zero-order valence-corrected chi connectivity index (χ0v) is 12.2. The summed E-state index contributed by atoms with van der Waals surface area (Å²) in [6, 6.07) is 0. The number of rotatable bonds is 2. The number of hydrogen-bond donors (Lipinski definition) is 2. The van der Waals surface area contributed by atoms with E-state index in [0.29, 0.717) is 11.2 Å². The van der Waals surface area contributed by atoms with Crippen LogP contribution in [0.25, 0.3) is 0 Å². The molecule has 1 aliphatic heterocycles. The van der Waals surface area contributed by atoms with Gasteiger partial charge in [0.2, 0.25) is 0 Å². The molecular weight excluding hydrogens is 238 g/mol. The minimum Gasteiger partial charge on any atom is -0.355 e. The maximum absolute atomic E-state index is 5.39. The Morgan fingerprint density at radius 1 is 1.26 bits per heavy atom. The number of hydrazine groups is 1. The molecule has 0 spiro atoms.